The summed E-state index contributed by atoms with van der Waals surface area (Å²) in [5.74, 6) is -0.680. The van der Waals surface area contributed by atoms with Gasteiger partial charge in [-0.15, -0.1) is 0 Å². The van der Waals surface area contributed by atoms with Crippen molar-refractivity contribution in [3.8, 4) is 5.75 Å². The van der Waals surface area contributed by atoms with Crippen molar-refractivity contribution in [1.29, 1.82) is 0 Å². The Morgan fingerprint density at radius 2 is 1.76 bits per heavy atom. The highest BCUT2D eigenvalue weighted by molar-refractivity contribution is 5.89. The molecule has 0 unspecified atom stereocenters. The van der Waals surface area contributed by atoms with Crippen LogP contribution in [0.5, 0.6) is 5.75 Å². The van der Waals surface area contributed by atoms with Gasteiger partial charge in [-0.3, -0.25) is 4.79 Å². The molecule has 0 aromatic heterocycles. The molecule has 1 aliphatic rings. The Kier molecular flexibility index (Phi) is 7.66. The maximum atomic E-state index is 12.7. The van der Waals surface area contributed by atoms with Crippen LogP contribution in [0, 0.1) is 5.41 Å². The summed E-state index contributed by atoms with van der Waals surface area (Å²) in [6, 6.07) is 6.01. The number of phenolic OH excluding ortho intramolecular Hbond substituents is 1. The molecular weight excluding hydrogens is 368 g/mol. The number of phenols is 1. The van der Waals surface area contributed by atoms with Crippen molar-refractivity contribution in [2.45, 2.75) is 72.5 Å². The zero-order valence-electron chi connectivity index (χ0n) is 18.0. The van der Waals surface area contributed by atoms with Crippen LogP contribution in [-0.4, -0.2) is 29.3 Å². The average Bonchev–Trinajstić information content (AvgIpc) is 2.65. The largest absolute Gasteiger partial charge is 0.508 e. The lowest BCUT2D eigenvalue weighted by Crippen LogP contribution is -2.33. The van der Waals surface area contributed by atoms with E-state index in [4.69, 9.17) is 9.47 Å². The molecule has 0 heterocycles. The van der Waals surface area contributed by atoms with E-state index >= 15 is 0 Å². The van der Waals surface area contributed by atoms with Gasteiger partial charge in [-0.1, -0.05) is 25.5 Å². The second-order valence-electron chi connectivity index (χ2n) is 8.51. The molecule has 0 radical (unpaired) electrons. The summed E-state index contributed by atoms with van der Waals surface area (Å²) < 4.78 is 11.4. The van der Waals surface area contributed by atoms with Gasteiger partial charge in [0.1, 0.15) is 18.0 Å². The quantitative estimate of drug-likeness (QED) is 0.547. The molecule has 0 bridgehead atoms. The van der Waals surface area contributed by atoms with Gasteiger partial charge >= 0.3 is 11.9 Å². The molecule has 0 saturated heterocycles. The number of rotatable bonds is 3. The zero-order valence-corrected chi connectivity index (χ0v) is 18.0. The number of hydrogen-bond donors (Lipinski definition) is 1. The van der Waals surface area contributed by atoms with Crippen molar-refractivity contribution in [3.05, 3.63) is 53.1 Å². The summed E-state index contributed by atoms with van der Waals surface area (Å²) in [7, 11) is 0. The minimum atomic E-state index is -0.472. The van der Waals surface area contributed by atoms with E-state index in [2.05, 4.69) is 26.8 Å². The molecule has 1 N–H and O–H groups in total. The van der Waals surface area contributed by atoms with E-state index < -0.39 is 12.1 Å². The third-order valence-electron chi connectivity index (χ3n) is 5.41. The fraction of sp³-hybridized carbons (Fsp3) is 0.500. The van der Waals surface area contributed by atoms with Gasteiger partial charge in [0.15, 0.2) is 0 Å². The fourth-order valence-corrected chi connectivity index (χ4v) is 3.45. The molecule has 0 spiro atoms. The normalized spacial score (nSPS) is 26.1. The minimum Gasteiger partial charge on any atom is -0.508 e. The van der Waals surface area contributed by atoms with Crippen LogP contribution in [0.1, 0.15) is 70.7 Å². The van der Waals surface area contributed by atoms with Crippen molar-refractivity contribution in [1.82, 2.24) is 0 Å². The van der Waals surface area contributed by atoms with Crippen molar-refractivity contribution in [2.24, 2.45) is 5.41 Å². The van der Waals surface area contributed by atoms with Gasteiger partial charge in [-0.2, -0.15) is 0 Å². The van der Waals surface area contributed by atoms with Crippen LogP contribution >= 0.6 is 0 Å². The molecule has 1 aromatic rings. The van der Waals surface area contributed by atoms with Gasteiger partial charge in [0, 0.05) is 18.8 Å². The average molecular weight is 401 g/mol. The van der Waals surface area contributed by atoms with Crippen LogP contribution in [0.4, 0.5) is 0 Å². The van der Waals surface area contributed by atoms with Crippen molar-refractivity contribution < 1.29 is 24.2 Å². The first-order valence-electron chi connectivity index (χ1n) is 10.1. The molecule has 2 rings (SSSR count). The van der Waals surface area contributed by atoms with E-state index in [1.807, 2.05) is 13.0 Å². The number of esters is 2. The lowest BCUT2D eigenvalue weighted by atomic mass is 9.80. The van der Waals surface area contributed by atoms with Crippen molar-refractivity contribution >= 4 is 11.9 Å². The van der Waals surface area contributed by atoms with Crippen LogP contribution in [0.2, 0.25) is 0 Å². The second kappa shape index (κ2) is 9.77. The molecule has 1 aromatic carbocycles. The predicted octanol–water partition coefficient (Wildman–Crippen LogP) is 5.34. The summed E-state index contributed by atoms with van der Waals surface area (Å²) in [5, 5.41) is 9.45. The standard InChI is InChI=1S/C24H32O5/c1-16-7-6-14-24(4,5)22(15-17(2)21(13-8-16)28-18(3)25)29-23(27)19-9-11-20(26)12-10-19/h8-12,15,21-22,26H,6-7,13-14H2,1-5H3/b16-8+,17-15+/t21-,22-/m1/s1. The van der Waals surface area contributed by atoms with Gasteiger partial charge in [-0.25, -0.2) is 4.79 Å². The monoisotopic (exact) mass is 400 g/mol. The molecule has 158 valence electrons. The van der Waals surface area contributed by atoms with Gasteiger partial charge < -0.3 is 14.6 Å². The summed E-state index contributed by atoms with van der Waals surface area (Å²) in [6.45, 7) is 9.58. The first-order valence-corrected chi connectivity index (χ1v) is 10.1. The van der Waals surface area contributed by atoms with E-state index in [1.165, 1.54) is 24.6 Å². The van der Waals surface area contributed by atoms with Crippen molar-refractivity contribution in [3.63, 3.8) is 0 Å². The Morgan fingerprint density at radius 1 is 1.10 bits per heavy atom. The molecule has 0 amide bonds. The highest BCUT2D eigenvalue weighted by atomic mass is 16.5. The van der Waals surface area contributed by atoms with Crippen LogP contribution in [0.15, 0.2) is 47.6 Å². The maximum absolute atomic E-state index is 12.7. The van der Waals surface area contributed by atoms with E-state index in [1.54, 1.807) is 12.1 Å². The Bertz CT molecular complexity index is 786. The maximum Gasteiger partial charge on any atom is 0.338 e. The van der Waals surface area contributed by atoms with Crippen LogP contribution < -0.4 is 0 Å². The van der Waals surface area contributed by atoms with Gasteiger partial charge in [-0.05, 0) is 69.0 Å². The molecule has 2 atom stereocenters. The van der Waals surface area contributed by atoms with E-state index in [0.717, 1.165) is 24.8 Å². The summed E-state index contributed by atoms with van der Waals surface area (Å²) in [4.78, 5) is 24.3. The third-order valence-corrected chi connectivity index (χ3v) is 5.41. The Morgan fingerprint density at radius 3 is 2.38 bits per heavy atom. The number of carbonyl (C=O) groups excluding carboxylic acids is 2. The molecule has 5 nitrogen and oxygen atoms in total. The number of carbonyl (C=O) groups is 2. The topological polar surface area (TPSA) is 72.8 Å². The van der Waals surface area contributed by atoms with Crippen molar-refractivity contribution in [2.75, 3.05) is 0 Å². The predicted molar refractivity (Wildman–Crippen MR) is 113 cm³/mol. The summed E-state index contributed by atoms with van der Waals surface area (Å²) in [5.41, 5.74) is 2.22. The second-order valence-corrected chi connectivity index (χ2v) is 8.51. The SMILES string of the molecule is CC(=O)O[C@@H]1C/C=C(\C)CCCC(C)(C)[C@H](OC(=O)c2ccc(O)cc2)/C=C/1C. The molecule has 0 aliphatic heterocycles. The highest BCUT2D eigenvalue weighted by Gasteiger charge is 2.32. The highest BCUT2D eigenvalue weighted by Crippen LogP contribution is 2.34. The van der Waals surface area contributed by atoms with E-state index in [0.29, 0.717) is 12.0 Å². The first-order chi connectivity index (χ1) is 13.6. The summed E-state index contributed by atoms with van der Waals surface area (Å²) in [6.07, 6.45) is 6.61. The Labute approximate surface area is 173 Å². The van der Waals surface area contributed by atoms with E-state index in [-0.39, 0.29) is 23.2 Å². The number of hydrogen-bond acceptors (Lipinski definition) is 5. The van der Waals surface area contributed by atoms with Crippen LogP contribution in [0.3, 0.4) is 0 Å². The smallest absolute Gasteiger partial charge is 0.338 e. The fourth-order valence-electron chi connectivity index (χ4n) is 3.45. The molecule has 5 heteroatoms. The van der Waals surface area contributed by atoms with Gasteiger partial charge in [0.25, 0.3) is 0 Å². The third kappa shape index (κ3) is 6.77. The molecule has 0 fully saturated rings. The Balaban J connectivity index is 2.34. The lowest BCUT2D eigenvalue weighted by Gasteiger charge is -2.33. The van der Waals surface area contributed by atoms with Crippen LogP contribution in [0.25, 0.3) is 0 Å². The number of benzene rings is 1. The Hall–Kier alpha value is -2.56. The molecular formula is C24H32O5. The zero-order chi connectivity index (χ0) is 21.6. The minimum absolute atomic E-state index is 0.0969. The number of allylic oxidation sites excluding steroid dienone is 1. The van der Waals surface area contributed by atoms with Gasteiger partial charge in [0.2, 0.25) is 0 Å². The lowest BCUT2D eigenvalue weighted by molar-refractivity contribution is -0.144. The molecule has 29 heavy (non-hydrogen) atoms. The number of ether oxygens (including phenoxy) is 2. The summed E-state index contributed by atoms with van der Waals surface area (Å²) >= 11 is 0. The van der Waals surface area contributed by atoms with Crippen LogP contribution in [-0.2, 0) is 14.3 Å². The van der Waals surface area contributed by atoms with Gasteiger partial charge in [0.05, 0.1) is 5.56 Å². The molecule has 1 aliphatic carbocycles. The van der Waals surface area contributed by atoms with E-state index in [9.17, 15) is 14.7 Å². The molecule has 0 saturated carbocycles. The number of aromatic hydroxyl groups is 1. The first kappa shape index (κ1) is 22.7.